The predicted molar refractivity (Wildman–Crippen MR) is 165 cm³/mol. The van der Waals surface area contributed by atoms with Crippen molar-refractivity contribution in [3.63, 3.8) is 0 Å². The molecule has 0 radical (unpaired) electrons. The summed E-state index contributed by atoms with van der Waals surface area (Å²) >= 11 is 0. The highest BCUT2D eigenvalue weighted by molar-refractivity contribution is 8.02. The number of hydrogen-bond acceptors (Lipinski definition) is 6. The van der Waals surface area contributed by atoms with Crippen molar-refractivity contribution in [3.05, 3.63) is 83.4 Å². The zero-order chi connectivity index (χ0) is 29.0. The van der Waals surface area contributed by atoms with Gasteiger partial charge in [0.15, 0.2) is 57.7 Å². The SMILES string of the molecule is COc1cccc(OC)c1[P+](c1c(C)cc(C)cc1C)(c1c(OC)cccc1OC)c1c(OC)cccc1OC. The van der Waals surface area contributed by atoms with Crippen molar-refractivity contribution in [2.45, 2.75) is 20.8 Å². The summed E-state index contributed by atoms with van der Waals surface area (Å²) < 4.78 is 36.8. The van der Waals surface area contributed by atoms with Gasteiger partial charge in [0.2, 0.25) is 0 Å². The third-order valence-corrected chi connectivity index (χ3v) is 11.9. The molecular weight excluding hydrogens is 523 g/mol. The third-order valence-electron chi connectivity index (χ3n) is 7.18. The highest BCUT2D eigenvalue weighted by Crippen LogP contribution is 2.65. The summed E-state index contributed by atoms with van der Waals surface area (Å²) in [4.78, 5) is 0. The van der Waals surface area contributed by atoms with Gasteiger partial charge in [-0.15, -0.1) is 0 Å². The molecule has 4 aromatic rings. The average molecular weight is 562 g/mol. The van der Waals surface area contributed by atoms with Crippen LogP contribution < -0.4 is 49.6 Å². The number of aryl methyl sites for hydroxylation is 3. The van der Waals surface area contributed by atoms with Crippen LogP contribution in [0.3, 0.4) is 0 Å². The van der Waals surface area contributed by atoms with Crippen LogP contribution in [0.1, 0.15) is 16.7 Å². The van der Waals surface area contributed by atoms with Crippen LogP contribution in [0.5, 0.6) is 34.5 Å². The topological polar surface area (TPSA) is 55.4 Å². The van der Waals surface area contributed by atoms with E-state index in [1.807, 2.05) is 54.6 Å². The molecule has 0 saturated carbocycles. The van der Waals surface area contributed by atoms with Crippen molar-refractivity contribution in [1.82, 2.24) is 0 Å². The molecule has 210 valence electrons. The molecule has 0 saturated heterocycles. The Kier molecular flexibility index (Phi) is 8.80. The molecule has 0 fully saturated rings. The Morgan fingerprint density at radius 2 is 0.650 bits per heavy atom. The first-order valence-corrected chi connectivity index (χ1v) is 14.7. The molecule has 0 aliphatic carbocycles. The Balaban J connectivity index is 2.52. The van der Waals surface area contributed by atoms with Gasteiger partial charge in [-0.25, -0.2) is 0 Å². The standard InChI is InChI=1S/C33H38O6P/c1-21-19-22(2)30(23(3)20-21)40(31-24(34-4)13-10-14-25(31)35-5,32-26(36-6)15-11-16-27(32)37-7)33-28(38-8)17-12-18-29(33)39-9/h10-20H,1-9H3/q+1. The second-order valence-corrected chi connectivity index (χ2v) is 12.6. The molecule has 0 aliphatic heterocycles. The maximum atomic E-state index is 6.14. The molecule has 4 aromatic carbocycles. The van der Waals surface area contributed by atoms with Crippen LogP contribution in [-0.2, 0) is 0 Å². The summed E-state index contributed by atoms with van der Waals surface area (Å²) in [7, 11) is 7.01. The molecule has 0 atom stereocenters. The lowest BCUT2D eigenvalue weighted by Crippen LogP contribution is -2.43. The summed E-state index contributed by atoms with van der Waals surface area (Å²) in [5, 5.41) is 3.74. The number of benzene rings is 4. The van der Waals surface area contributed by atoms with Gasteiger partial charge in [-0.2, -0.15) is 0 Å². The van der Waals surface area contributed by atoms with Crippen molar-refractivity contribution < 1.29 is 28.4 Å². The first kappa shape index (κ1) is 29.1. The second kappa shape index (κ2) is 12.1. The van der Waals surface area contributed by atoms with Gasteiger partial charge in [-0.3, -0.25) is 0 Å². The van der Waals surface area contributed by atoms with Crippen molar-refractivity contribution >= 4 is 28.5 Å². The summed E-state index contributed by atoms with van der Waals surface area (Å²) in [6.07, 6.45) is 0. The minimum absolute atomic E-state index is 0.674. The molecule has 7 heteroatoms. The van der Waals surface area contributed by atoms with Gasteiger partial charge in [0.05, 0.1) is 42.7 Å². The Hall–Kier alpha value is -3.89. The normalized spacial score (nSPS) is 11.1. The highest BCUT2D eigenvalue weighted by atomic mass is 31.2. The van der Waals surface area contributed by atoms with Crippen LogP contribution in [0.25, 0.3) is 0 Å². The molecule has 40 heavy (non-hydrogen) atoms. The van der Waals surface area contributed by atoms with E-state index in [1.54, 1.807) is 42.7 Å². The minimum atomic E-state index is -3.08. The number of ether oxygens (including phenoxy) is 6. The van der Waals surface area contributed by atoms with E-state index in [0.717, 1.165) is 32.3 Å². The van der Waals surface area contributed by atoms with Crippen molar-refractivity contribution in [2.24, 2.45) is 0 Å². The molecule has 0 unspecified atom stereocenters. The van der Waals surface area contributed by atoms with Crippen molar-refractivity contribution in [1.29, 1.82) is 0 Å². The molecule has 0 spiro atoms. The number of methoxy groups -OCH3 is 6. The maximum absolute atomic E-state index is 6.14. The van der Waals surface area contributed by atoms with Gasteiger partial charge in [0.25, 0.3) is 0 Å². The molecule has 6 nitrogen and oxygen atoms in total. The van der Waals surface area contributed by atoms with Gasteiger partial charge >= 0.3 is 0 Å². The van der Waals surface area contributed by atoms with E-state index >= 15 is 0 Å². The van der Waals surface area contributed by atoms with Crippen LogP contribution >= 0.6 is 7.26 Å². The van der Waals surface area contributed by atoms with E-state index in [9.17, 15) is 0 Å². The first-order valence-electron chi connectivity index (χ1n) is 13.0. The summed E-state index contributed by atoms with van der Waals surface area (Å²) in [6, 6.07) is 22.0. The van der Waals surface area contributed by atoms with Gasteiger partial charge in [0, 0.05) is 0 Å². The minimum Gasteiger partial charge on any atom is -0.492 e. The van der Waals surface area contributed by atoms with E-state index in [4.69, 9.17) is 28.4 Å². The summed E-state index contributed by atoms with van der Waals surface area (Å²) in [5.41, 5.74) is 3.39. The van der Waals surface area contributed by atoms with Crippen LogP contribution in [0.4, 0.5) is 0 Å². The third kappa shape index (κ3) is 4.61. The zero-order valence-electron chi connectivity index (χ0n) is 24.7. The second-order valence-electron chi connectivity index (χ2n) is 9.45. The molecule has 0 N–H and O–H groups in total. The summed E-state index contributed by atoms with van der Waals surface area (Å²) in [5.74, 6) is 4.04. The van der Waals surface area contributed by atoms with Crippen LogP contribution in [0, 0.1) is 20.8 Å². The molecular formula is C33H38O6P+. The quantitative estimate of drug-likeness (QED) is 0.246. The smallest absolute Gasteiger partial charge is 0.193 e. The Morgan fingerprint density at radius 1 is 0.400 bits per heavy atom. The average Bonchev–Trinajstić information content (AvgIpc) is 2.97. The number of hydrogen-bond donors (Lipinski definition) is 0. The van der Waals surface area contributed by atoms with Crippen LogP contribution in [-0.4, -0.2) is 42.7 Å². The Bertz CT molecular complexity index is 1290. The van der Waals surface area contributed by atoms with Crippen LogP contribution in [0.2, 0.25) is 0 Å². The fraction of sp³-hybridized carbons (Fsp3) is 0.273. The largest absolute Gasteiger partial charge is 0.492 e. The van der Waals surface area contributed by atoms with E-state index in [1.165, 1.54) is 5.56 Å². The van der Waals surface area contributed by atoms with E-state index in [2.05, 4.69) is 32.9 Å². The molecule has 0 aliphatic rings. The van der Waals surface area contributed by atoms with Crippen molar-refractivity contribution in [2.75, 3.05) is 42.7 Å². The lowest BCUT2D eigenvalue weighted by Gasteiger charge is -2.34. The fourth-order valence-electron chi connectivity index (χ4n) is 5.86. The van der Waals surface area contributed by atoms with Crippen molar-refractivity contribution in [3.8, 4) is 34.5 Å². The van der Waals surface area contributed by atoms with Gasteiger partial charge in [-0.1, -0.05) is 35.9 Å². The highest BCUT2D eigenvalue weighted by Gasteiger charge is 2.60. The Morgan fingerprint density at radius 3 is 0.875 bits per heavy atom. The van der Waals surface area contributed by atoms with E-state index < -0.39 is 7.26 Å². The molecule has 0 heterocycles. The maximum Gasteiger partial charge on any atom is 0.193 e. The molecule has 0 amide bonds. The predicted octanol–water partition coefficient (Wildman–Crippen LogP) is 5.28. The molecule has 0 bridgehead atoms. The van der Waals surface area contributed by atoms with Gasteiger partial charge in [-0.05, 0) is 68.3 Å². The fourth-order valence-corrected chi connectivity index (χ4v) is 11.4. The van der Waals surface area contributed by atoms with Crippen LogP contribution in [0.15, 0.2) is 66.7 Å². The molecule has 4 rings (SSSR count). The monoisotopic (exact) mass is 561 g/mol. The zero-order valence-corrected chi connectivity index (χ0v) is 25.6. The lowest BCUT2D eigenvalue weighted by atomic mass is 10.1. The number of rotatable bonds is 10. The Labute approximate surface area is 238 Å². The van der Waals surface area contributed by atoms with E-state index in [-0.39, 0.29) is 0 Å². The van der Waals surface area contributed by atoms with Gasteiger partial charge in [0.1, 0.15) is 5.30 Å². The van der Waals surface area contributed by atoms with Gasteiger partial charge < -0.3 is 28.4 Å². The molecule has 0 aromatic heterocycles. The first-order chi connectivity index (χ1) is 19.3. The summed E-state index contributed by atoms with van der Waals surface area (Å²) in [6.45, 7) is 6.41. The lowest BCUT2D eigenvalue weighted by molar-refractivity contribution is 0.397. The van der Waals surface area contributed by atoms with E-state index in [0.29, 0.717) is 34.5 Å².